The van der Waals surface area contributed by atoms with Gasteiger partial charge in [0.2, 0.25) is 0 Å². The van der Waals surface area contributed by atoms with Crippen molar-refractivity contribution in [3.05, 3.63) is 94.0 Å². The van der Waals surface area contributed by atoms with Gasteiger partial charge in [-0.15, -0.1) is 0 Å². The summed E-state index contributed by atoms with van der Waals surface area (Å²) >= 11 is 0. The first-order valence-corrected chi connectivity index (χ1v) is 9.91. The van der Waals surface area contributed by atoms with Crippen molar-refractivity contribution >= 4 is 16.6 Å². The van der Waals surface area contributed by atoms with Gasteiger partial charge in [0.25, 0.3) is 0 Å². The van der Waals surface area contributed by atoms with E-state index in [1.54, 1.807) is 44.4 Å². The van der Waals surface area contributed by atoms with E-state index in [1.165, 1.54) is 0 Å². The third kappa shape index (κ3) is 4.08. The molecule has 0 aliphatic carbocycles. The van der Waals surface area contributed by atoms with Crippen molar-refractivity contribution in [3.63, 3.8) is 0 Å². The molecule has 0 N–H and O–H groups in total. The highest BCUT2D eigenvalue weighted by Crippen LogP contribution is 2.33. The molecule has 0 unspecified atom stereocenters. The van der Waals surface area contributed by atoms with Gasteiger partial charge in [0.05, 0.1) is 17.9 Å². The fraction of sp³-hybridized carbons (Fsp3) is 0.154. The van der Waals surface area contributed by atoms with Gasteiger partial charge in [0.15, 0.2) is 17.8 Å². The van der Waals surface area contributed by atoms with Crippen LogP contribution in [0.2, 0.25) is 0 Å². The number of hydrogen-bond acceptors (Lipinski definition) is 5. The monoisotopic (exact) mass is 414 g/mol. The number of fused-ring (bicyclic) bond motifs is 1. The van der Waals surface area contributed by atoms with Crippen molar-refractivity contribution in [2.45, 2.75) is 13.8 Å². The Morgan fingerprint density at radius 2 is 1.55 bits per heavy atom. The van der Waals surface area contributed by atoms with E-state index in [2.05, 4.69) is 0 Å². The van der Waals surface area contributed by atoms with Crippen LogP contribution in [-0.4, -0.2) is 19.5 Å². The van der Waals surface area contributed by atoms with E-state index < -0.39 is 0 Å². The zero-order valence-electron chi connectivity index (χ0n) is 17.6. The van der Waals surface area contributed by atoms with E-state index in [-0.39, 0.29) is 17.8 Å². The zero-order valence-corrected chi connectivity index (χ0v) is 17.6. The van der Waals surface area contributed by atoms with Gasteiger partial charge >= 0.3 is 0 Å². The van der Waals surface area contributed by atoms with Crippen LogP contribution in [0.15, 0.2) is 75.9 Å². The molecule has 0 aliphatic heterocycles. The average molecular weight is 414 g/mol. The Kier molecular flexibility index (Phi) is 5.58. The van der Waals surface area contributed by atoms with Crippen LogP contribution in [0.4, 0.5) is 0 Å². The Balaban J connectivity index is 1.62. The Labute approximate surface area is 179 Å². The van der Waals surface area contributed by atoms with Crippen molar-refractivity contribution in [2.75, 3.05) is 13.7 Å². The Bertz CT molecular complexity index is 1300. The molecule has 0 bridgehead atoms. The van der Waals surface area contributed by atoms with Gasteiger partial charge in [-0.05, 0) is 49.2 Å². The minimum absolute atomic E-state index is 0.0425. The summed E-state index contributed by atoms with van der Waals surface area (Å²) in [5.41, 5.74) is 2.05. The highest BCUT2D eigenvalue weighted by Gasteiger charge is 2.16. The SMILES string of the molecule is COc1cc(-c2ccc(OCC(=O)c3ccccc3)cc2)cc(=O)c2c(C)oc(C)c12. The Hall–Kier alpha value is -3.86. The standard InChI is InChI=1S/C26H22O5/c1-16-25-22(27)13-20(14-24(29-3)26(25)17(2)31-16)18-9-11-21(12-10-18)30-15-23(28)19-7-5-4-6-8-19/h4-14H,15H2,1-3H3. The fourth-order valence-corrected chi connectivity index (χ4v) is 3.67. The van der Waals surface area contributed by atoms with Crippen LogP contribution >= 0.6 is 0 Å². The third-order valence-corrected chi connectivity index (χ3v) is 5.20. The molecular formula is C26H22O5. The lowest BCUT2D eigenvalue weighted by molar-refractivity contribution is 0.0921. The van der Waals surface area contributed by atoms with Gasteiger partial charge in [-0.1, -0.05) is 42.5 Å². The number of carbonyl (C=O) groups is 1. The van der Waals surface area contributed by atoms with E-state index in [0.29, 0.717) is 39.4 Å². The molecule has 5 heteroatoms. The van der Waals surface area contributed by atoms with Crippen LogP contribution < -0.4 is 14.9 Å². The molecule has 4 rings (SSSR count). The second-order valence-corrected chi connectivity index (χ2v) is 7.24. The highest BCUT2D eigenvalue weighted by atomic mass is 16.5. The predicted octanol–water partition coefficient (Wildman–Crippen LogP) is 5.35. The minimum Gasteiger partial charge on any atom is -0.496 e. The van der Waals surface area contributed by atoms with Gasteiger partial charge in [0.1, 0.15) is 23.0 Å². The number of carbonyl (C=O) groups excluding carboxylic acids is 1. The van der Waals surface area contributed by atoms with Crippen LogP contribution in [0.1, 0.15) is 21.9 Å². The molecule has 0 saturated heterocycles. The summed E-state index contributed by atoms with van der Waals surface area (Å²) < 4.78 is 16.8. The van der Waals surface area contributed by atoms with E-state index in [1.807, 2.05) is 43.3 Å². The summed E-state index contributed by atoms with van der Waals surface area (Å²) in [4.78, 5) is 25.1. The number of ether oxygens (including phenoxy) is 2. The lowest BCUT2D eigenvalue weighted by atomic mass is 10.1. The first-order chi connectivity index (χ1) is 15.0. The van der Waals surface area contributed by atoms with E-state index in [9.17, 15) is 9.59 Å². The summed E-state index contributed by atoms with van der Waals surface area (Å²) in [6.45, 7) is 3.55. The number of benzene rings is 2. The molecule has 156 valence electrons. The summed E-state index contributed by atoms with van der Waals surface area (Å²) in [6.07, 6.45) is 0. The second kappa shape index (κ2) is 8.48. The number of methoxy groups -OCH3 is 1. The van der Waals surface area contributed by atoms with Crippen molar-refractivity contribution in [1.82, 2.24) is 0 Å². The molecule has 0 atom stereocenters. The third-order valence-electron chi connectivity index (χ3n) is 5.20. The largest absolute Gasteiger partial charge is 0.496 e. The molecular weight excluding hydrogens is 392 g/mol. The molecule has 0 radical (unpaired) electrons. The number of Topliss-reactive ketones (excluding diaryl/α,β-unsaturated/α-hetero) is 1. The van der Waals surface area contributed by atoms with Crippen molar-refractivity contribution in [1.29, 1.82) is 0 Å². The predicted molar refractivity (Wildman–Crippen MR) is 120 cm³/mol. The molecule has 0 fully saturated rings. The van der Waals surface area contributed by atoms with Crippen LogP contribution in [0, 0.1) is 13.8 Å². The minimum atomic E-state index is -0.128. The normalized spacial score (nSPS) is 10.8. The highest BCUT2D eigenvalue weighted by molar-refractivity contribution is 5.97. The maximum Gasteiger partial charge on any atom is 0.200 e. The van der Waals surface area contributed by atoms with Crippen molar-refractivity contribution in [2.24, 2.45) is 0 Å². The lowest BCUT2D eigenvalue weighted by Gasteiger charge is -2.07. The first-order valence-electron chi connectivity index (χ1n) is 9.91. The quantitative estimate of drug-likeness (QED) is 0.398. The topological polar surface area (TPSA) is 65.7 Å². The van der Waals surface area contributed by atoms with Gasteiger partial charge in [0, 0.05) is 5.56 Å². The Morgan fingerprint density at radius 1 is 0.871 bits per heavy atom. The zero-order chi connectivity index (χ0) is 22.0. The number of ketones is 1. The molecule has 0 saturated carbocycles. The van der Waals surface area contributed by atoms with Crippen molar-refractivity contribution in [3.8, 4) is 22.6 Å². The molecule has 4 aromatic rings. The van der Waals surface area contributed by atoms with Crippen LogP contribution in [0.3, 0.4) is 0 Å². The average Bonchev–Trinajstić information content (AvgIpc) is 2.99. The molecule has 31 heavy (non-hydrogen) atoms. The first kappa shape index (κ1) is 20.4. The van der Waals surface area contributed by atoms with E-state index in [4.69, 9.17) is 13.9 Å². The second-order valence-electron chi connectivity index (χ2n) is 7.24. The Morgan fingerprint density at radius 3 is 2.23 bits per heavy atom. The fourth-order valence-electron chi connectivity index (χ4n) is 3.67. The molecule has 3 aromatic carbocycles. The number of aryl methyl sites for hydroxylation is 2. The van der Waals surface area contributed by atoms with E-state index >= 15 is 0 Å². The van der Waals surface area contributed by atoms with Gasteiger partial charge < -0.3 is 13.9 Å². The molecule has 1 aromatic heterocycles. The number of hydrogen-bond donors (Lipinski definition) is 0. The van der Waals surface area contributed by atoms with Crippen LogP contribution in [0.5, 0.6) is 11.5 Å². The van der Waals surface area contributed by atoms with Gasteiger partial charge in [-0.3, -0.25) is 9.59 Å². The summed E-state index contributed by atoms with van der Waals surface area (Å²) in [5, 5.41) is 1.22. The summed E-state index contributed by atoms with van der Waals surface area (Å²) in [7, 11) is 1.57. The maximum atomic E-state index is 12.9. The van der Waals surface area contributed by atoms with Crippen LogP contribution in [-0.2, 0) is 0 Å². The summed E-state index contributed by atoms with van der Waals surface area (Å²) in [5.74, 6) is 2.29. The molecule has 0 amide bonds. The molecule has 5 nitrogen and oxygen atoms in total. The van der Waals surface area contributed by atoms with Gasteiger partial charge in [-0.25, -0.2) is 0 Å². The summed E-state index contributed by atoms with van der Waals surface area (Å²) in [6, 6.07) is 19.7. The smallest absolute Gasteiger partial charge is 0.200 e. The van der Waals surface area contributed by atoms with E-state index in [0.717, 1.165) is 11.1 Å². The molecule has 1 heterocycles. The molecule has 0 aliphatic rings. The molecule has 0 spiro atoms. The lowest BCUT2D eigenvalue weighted by Crippen LogP contribution is -2.11. The number of furan rings is 1. The van der Waals surface area contributed by atoms with Crippen molar-refractivity contribution < 1.29 is 18.7 Å². The van der Waals surface area contributed by atoms with Gasteiger partial charge in [-0.2, -0.15) is 0 Å². The van der Waals surface area contributed by atoms with Crippen LogP contribution in [0.25, 0.3) is 21.9 Å². The maximum absolute atomic E-state index is 12.9. The number of rotatable bonds is 6.